The Kier molecular flexibility index (Phi) is 59.8. The van der Waals surface area contributed by atoms with Gasteiger partial charge in [-0.2, -0.15) is 5.26 Å². The molecule has 0 radical (unpaired) electrons. The number of ether oxygens (including phenoxy) is 8. The van der Waals surface area contributed by atoms with E-state index in [1.165, 1.54) is 74.2 Å². The summed E-state index contributed by atoms with van der Waals surface area (Å²) < 4.78 is 181. The van der Waals surface area contributed by atoms with Gasteiger partial charge in [0.1, 0.15) is 68.2 Å². The normalized spacial score (nSPS) is 15.8. The van der Waals surface area contributed by atoms with E-state index < -0.39 is 158 Å². The topological polar surface area (TPSA) is 632 Å². The second-order valence-electron chi connectivity index (χ2n) is 36.0. The second-order valence-corrected chi connectivity index (χ2v) is 36.8. The van der Waals surface area contributed by atoms with Gasteiger partial charge in [-0.1, -0.05) is 99.5 Å². The van der Waals surface area contributed by atoms with Crippen LogP contribution in [0.5, 0.6) is 23.0 Å². The van der Waals surface area contributed by atoms with Gasteiger partial charge in [0.15, 0.2) is 16.6 Å². The van der Waals surface area contributed by atoms with Crippen LogP contribution in [-0.2, 0) is 38.1 Å². The average Bonchev–Trinajstić information content (AvgIpc) is 1.74. The zero-order valence-electron chi connectivity index (χ0n) is 79.7. The monoisotopic (exact) mass is 2170 g/mol. The number of aliphatic hydroxyl groups is 1. The number of halogens is 14. The summed E-state index contributed by atoms with van der Waals surface area (Å²) >= 11 is 9.53. The molecular weight excluding hydrogens is 2040 g/mol. The summed E-state index contributed by atoms with van der Waals surface area (Å²) in [6, 6.07) is 21.0. The molecule has 17 N–H and O–H groups in total. The number of hydrogen-bond donors (Lipinski definition) is 12. The van der Waals surface area contributed by atoms with E-state index in [2.05, 4.69) is 82.5 Å². The first-order valence-electron chi connectivity index (χ1n) is 40.0. The molecule has 810 valence electrons. The maximum atomic E-state index is 12.4. The number of primary amides is 2. The Bertz CT molecular complexity index is 5000. The summed E-state index contributed by atoms with van der Waals surface area (Å²) in [5.74, 6) is -1.32. The number of amides is 9. The van der Waals surface area contributed by atoms with E-state index in [4.69, 9.17) is 85.8 Å². The van der Waals surface area contributed by atoms with Gasteiger partial charge in [-0.15, -0.1) is 86.7 Å². The molecule has 9 amide bonds. The third-order valence-corrected chi connectivity index (χ3v) is 16.2. The van der Waals surface area contributed by atoms with E-state index in [1.54, 1.807) is 131 Å². The molecule has 59 heteroatoms. The van der Waals surface area contributed by atoms with Gasteiger partial charge in [-0.05, 0) is 165 Å². The molecule has 2 spiro atoms. The Morgan fingerprint density at radius 1 is 0.510 bits per heavy atom. The molecule has 43 nitrogen and oxygen atoms in total. The average molecular weight is 2170 g/mol. The summed E-state index contributed by atoms with van der Waals surface area (Å²) in [5.41, 5.74) is 14.9. The standard InChI is InChI=1S/C17H20F3N3O5.C17H18F3N3O4.C12H10F3N3O2.C9H17N3O3.C9H15N3O2.C8H5F3O3.C4H10O.C4H9O.CH2Cl2.5CH4.K.H3N6O.Na/c1-15(2,3)28-14(26)23-8-16(9-23,13(21)25)22-12(24)10-5-4-6-11(7-10)27-17(18,19)20;1-15(2,3)27-14(25)23-8-16(9-23)13(24)21-12(22-16)10-5-4-6-11(7-10)26-17(18,19)20;13-12(14,15)20-8-3-1-2-7(4-8)9-17-10(19)11(18-9)5-16-6-11;1-8(2,3)15-7(14)12-4-9(11,5-12)6(10)13;1-8(2,3)14-7(13)12-5-9(11,4-10)6-12;9-8(10,11)14-6-3-1-2-5(4-6)7(12)13;2*1-4(2,3)5;2-1-3;;;;;;;1-2-3-4-5-6-7;/h4-7H,8-9H2,1-3H3,(H2,21,25)(H,22,24);4-7H,8-9H2,1-3H3,(H,21,22,24);1-4,16H,5-6H2,(H,17,18,19);4-5,11H2,1-3H3,(H2,10,13);5-6,11H2,1-3H3;1-4H,(H,12,13);5H,1-3H3;1-3H3;1H2;5*1H4;;(H3-,1,2,3,4,5,6,7);/q;;;;;;;-1;;;;;;;+1;-1;+1. The van der Waals surface area contributed by atoms with Crippen molar-refractivity contribution in [3.63, 3.8) is 0 Å². The van der Waals surface area contributed by atoms with Crippen LogP contribution in [0.3, 0.4) is 0 Å². The van der Waals surface area contributed by atoms with Crippen LogP contribution in [-0.4, -0.2) is 264 Å². The van der Waals surface area contributed by atoms with Gasteiger partial charge in [-0.25, -0.2) is 44.4 Å². The van der Waals surface area contributed by atoms with Gasteiger partial charge in [0.25, 0.3) is 17.7 Å². The third-order valence-electron chi connectivity index (χ3n) is 16.2. The molecule has 7 aliphatic heterocycles. The van der Waals surface area contributed by atoms with Gasteiger partial charge in [0.05, 0.1) is 74.9 Å². The molecule has 0 saturated carbocycles. The largest absolute Gasteiger partial charge is 1.00 e. The zero-order chi connectivity index (χ0) is 107. The Balaban J connectivity index is -0.000000387. The minimum absolute atomic E-state index is 0. The number of nitrogens with zero attached hydrogens (tertiary/aromatic N) is 12. The Morgan fingerprint density at radius 2 is 0.800 bits per heavy atom. The van der Waals surface area contributed by atoms with Crippen LogP contribution in [0.4, 0.5) is 71.9 Å². The molecule has 0 aromatic heterocycles. The number of rotatable bonds is 13. The van der Waals surface area contributed by atoms with Crippen LogP contribution in [0, 0.1) is 11.3 Å². The fourth-order valence-electron chi connectivity index (χ4n) is 10.6. The number of carbonyl (C=O) groups excluding carboxylic acids is 9. The minimum atomic E-state index is -4.91. The predicted molar refractivity (Wildman–Crippen MR) is 497 cm³/mol. The van der Waals surface area contributed by atoms with Crippen LogP contribution in [0.15, 0.2) is 128 Å². The maximum Gasteiger partial charge on any atom is 1.00 e. The molecule has 0 aliphatic carbocycles. The van der Waals surface area contributed by atoms with Gasteiger partial charge in [0.2, 0.25) is 11.8 Å². The number of likely N-dealkylation sites (tertiary alicyclic amines) is 4. The van der Waals surface area contributed by atoms with E-state index in [0.717, 1.165) is 36.4 Å². The fraction of sp³-hybridized carbons (Fsp3) is 0.570. The van der Waals surface area contributed by atoms with Crippen molar-refractivity contribution in [2.24, 2.45) is 59.7 Å². The Hall–Kier alpha value is -10.3. The molecule has 5 saturated heterocycles. The number of carboxylic acids is 1. The quantitative estimate of drug-likeness (QED) is 0.0121. The first kappa shape index (κ1) is 145. The summed E-state index contributed by atoms with van der Waals surface area (Å²) in [6.07, 6.45) is -21.4. The van der Waals surface area contributed by atoms with E-state index in [1.807, 2.05) is 6.07 Å². The summed E-state index contributed by atoms with van der Waals surface area (Å²) in [7, 11) is 0. The van der Waals surface area contributed by atoms with E-state index in [9.17, 15) is 106 Å². The third kappa shape index (κ3) is 55.9. The van der Waals surface area contributed by atoms with E-state index >= 15 is 0 Å². The van der Waals surface area contributed by atoms with Gasteiger partial charge >= 0.3 is 137 Å². The van der Waals surface area contributed by atoms with Gasteiger partial charge < -0.3 is 128 Å². The smallest absolute Gasteiger partial charge is 0.850 e. The molecule has 0 atom stereocenters. The molecule has 4 aromatic carbocycles. The first-order chi connectivity index (χ1) is 62.6. The molecule has 0 bridgehead atoms. The predicted octanol–water partition coefficient (Wildman–Crippen LogP) is 7.10. The number of nitriles is 1. The summed E-state index contributed by atoms with van der Waals surface area (Å²) in [5, 5.41) is 64.7. The van der Waals surface area contributed by atoms with Crippen molar-refractivity contribution in [1.29, 1.82) is 5.26 Å². The minimum Gasteiger partial charge on any atom is -0.850 e. The molecule has 4 aromatic rings. The number of alkyl halides is 14. The summed E-state index contributed by atoms with van der Waals surface area (Å²) in [4.78, 5) is 130. The van der Waals surface area contributed by atoms with Crippen LogP contribution in [0.25, 0.3) is 5.59 Å². The number of amidine groups is 2. The molecule has 7 aliphatic rings. The van der Waals surface area contributed by atoms with E-state index in [0.29, 0.717) is 18.7 Å². The molecule has 0 unspecified atom stereocenters. The molecular formula is C86H129Cl2F12KN21NaO22. The number of benzene rings is 4. The number of carboxylic acid groups (broad SMARTS) is 1. The second kappa shape index (κ2) is 59.7. The van der Waals surface area contributed by atoms with Crippen molar-refractivity contribution in [2.45, 2.75) is 249 Å². The van der Waals surface area contributed by atoms with Crippen molar-refractivity contribution in [3.8, 4) is 29.1 Å². The number of carbonyl (C=O) groups is 10. The van der Waals surface area contributed by atoms with Crippen LogP contribution >= 0.6 is 23.2 Å². The number of nitrogens with two attached hydrogens (primary N) is 5. The Labute approximate surface area is 906 Å². The SMILES string of the molecule is C.C.C.C.C.CC(C)(C)O.CC(C)(C)OC(=O)N1CC(N)(C#N)C1.CC(C)(C)OC(=O)N1CC(N)(C(N)=O)C1.CC(C)(C)OC(=O)N1CC(NC(=O)c2cccc(OC(F)(F)F)c2)(C(N)=O)C1.CC(C)(C)OC(=O)N1CC2(C1)N=C(c1cccc(OC(F)(F)F)c1)NC2=O.CC(C)(C)[O-].ClCCl.N/N=N/N=N/[N-]O.O=C(O)c1cccc(OC(F)(F)F)c1.O=C1NC(c2cccc(OC(F)(F)F)c2)=NC12CNC2.[K+].[Na+]. The molecule has 7 heterocycles. The zero-order valence-corrected chi connectivity index (χ0v) is 86.3. The van der Waals surface area contributed by atoms with Gasteiger partial charge in [0, 0.05) is 29.8 Å². The summed E-state index contributed by atoms with van der Waals surface area (Å²) in [6.45, 7) is 32.3. The van der Waals surface area contributed by atoms with Crippen molar-refractivity contribution < 1.29 is 240 Å². The van der Waals surface area contributed by atoms with Crippen molar-refractivity contribution in [2.75, 3.05) is 70.8 Å². The number of nitrogens with one attached hydrogen (secondary N) is 4. The Morgan fingerprint density at radius 3 is 1.08 bits per heavy atom. The van der Waals surface area contributed by atoms with Crippen molar-refractivity contribution in [1.82, 2.24) is 40.9 Å². The maximum absolute atomic E-state index is 12.4. The van der Waals surface area contributed by atoms with Crippen LogP contribution in [0.2, 0.25) is 0 Å². The molecule has 145 heavy (non-hydrogen) atoms. The van der Waals surface area contributed by atoms with E-state index in [-0.39, 0.29) is 216 Å². The number of hydrogen-bond acceptors (Lipinski definition) is 29. The van der Waals surface area contributed by atoms with Crippen LogP contribution in [0.1, 0.15) is 194 Å². The molecule has 5 fully saturated rings. The van der Waals surface area contributed by atoms with Crippen LogP contribution < -0.4 is 155 Å². The number of aromatic carboxylic acids is 1. The molecule has 11 rings (SSSR count). The number of aliphatic imine (C=N–C) groups is 2. The fourth-order valence-corrected chi connectivity index (χ4v) is 10.6. The van der Waals surface area contributed by atoms with Crippen molar-refractivity contribution >= 4 is 94.8 Å². The van der Waals surface area contributed by atoms with Gasteiger partial charge in [-0.3, -0.25) is 29.6 Å². The first-order valence-corrected chi connectivity index (χ1v) is 41.1. The van der Waals surface area contributed by atoms with Crippen molar-refractivity contribution in [3.05, 3.63) is 125 Å².